The zero-order valence-electron chi connectivity index (χ0n) is 16.0. The summed E-state index contributed by atoms with van der Waals surface area (Å²) in [5, 5.41) is 4.67. The van der Waals surface area contributed by atoms with Crippen molar-refractivity contribution >= 4 is 15.7 Å². The maximum absolute atomic E-state index is 13.5. The number of fused-ring (bicyclic) bond motifs is 1. The van der Waals surface area contributed by atoms with Crippen molar-refractivity contribution in [2.45, 2.75) is 31.7 Å². The van der Waals surface area contributed by atoms with Crippen LogP contribution in [0.15, 0.2) is 30.3 Å². The summed E-state index contributed by atoms with van der Waals surface area (Å²) < 4.78 is 31.0. The molecule has 150 valence electrons. The van der Waals surface area contributed by atoms with Crippen LogP contribution in [-0.2, 0) is 27.4 Å². The first-order chi connectivity index (χ1) is 13.5. The quantitative estimate of drug-likeness (QED) is 0.732. The molecule has 1 amide bonds. The number of nitrogens with zero attached hydrogens (tertiary/aromatic N) is 3. The molecule has 1 atom stereocenters. The van der Waals surface area contributed by atoms with Crippen LogP contribution in [0.25, 0.3) is 5.69 Å². The Morgan fingerprint density at radius 1 is 1.29 bits per heavy atom. The molecule has 0 N–H and O–H groups in total. The summed E-state index contributed by atoms with van der Waals surface area (Å²) in [6.45, 7) is 0.729. The summed E-state index contributed by atoms with van der Waals surface area (Å²) >= 11 is 0. The Morgan fingerprint density at radius 3 is 2.75 bits per heavy atom. The molecule has 2 aliphatic rings. The molecule has 2 heterocycles. The van der Waals surface area contributed by atoms with Crippen LogP contribution >= 0.6 is 0 Å². The lowest BCUT2D eigenvalue weighted by Crippen LogP contribution is -2.43. The molecule has 1 aliphatic heterocycles. The normalized spacial score (nSPS) is 20.2. The van der Waals surface area contributed by atoms with Gasteiger partial charge in [0.15, 0.2) is 15.5 Å². The third-order valence-electron chi connectivity index (χ3n) is 5.58. The van der Waals surface area contributed by atoms with E-state index < -0.39 is 9.84 Å². The van der Waals surface area contributed by atoms with E-state index in [1.54, 1.807) is 12.0 Å². The number of hydrogen-bond acceptors (Lipinski definition) is 5. The van der Waals surface area contributed by atoms with E-state index >= 15 is 0 Å². The van der Waals surface area contributed by atoms with Gasteiger partial charge in [0.1, 0.15) is 0 Å². The van der Waals surface area contributed by atoms with E-state index in [9.17, 15) is 13.2 Å². The zero-order chi connectivity index (χ0) is 19.7. The molecule has 7 nitrogen and oxygen atoms in total. The van der Waals surface area contributed by atoms with Gasteiger partial charge in [-0.05, 0) is 37.8 Å². The fraction of sp³-hybridized carbons (Fsp3) is 0.500. The van der Waals surface area contributed by atoms with Crippen LogP contribution in [0.4, 0.5) is 0 Å². The molecular formula is C20H25N3O4S. The summed E-state index contributed by atoms with van der Waals surface area (Å²) in [7, 11) is -1.51. The minimum Gasteiger partial charge on any atom is -0.383 e. The monoisotopic (exact) mass is 403 g/mol. The first-order valence-corrected chi connectivity index (χ1v) is 11.5. The highest BCUT2D eigenvalue weighted by Gasteiger charge is 2.37. The van der Waals surface area contributed by atoms with Gasteiger partial charge in [0.25, 0.3) is 5.91 Å². The van der Waals surface area contributed by atoms with E-state index in [2.05, 4.69) is 5.10 Å². The number of carbonyl (C=O) groups is 1. The van der Waals surface area contributed by atoms with Crippen LogP contribution in [0.5, 0.6) is 0 Å². The maximum Gasteiger partial charge on any atom is 0.275 e. The van der Waals surface area contributed by atoms with Gasteiger partial charge in [-0.3, -0.25) is 4.79 Å². The Morgan fingerprint density at radius 2 is 2.07 bits per heavy atom. The van der Waals surface area contributed by atoms with E-state index in [1.807, 2.05) is 35.0 Å². The molecule has 1 unspecified atom stereocenters. The summed E-state index contributed by atoms with van der Waals surface area (Å²) in [5.74, 6) is -0.0401. The zero-order valence-corrected chi connectivity index (χ0v) is 16.8. The van der Waals surface area contributed by atoms with Crippen molar-refractivity contribution in [3.05, 3.63) is 47.3 Å². The molecule has 1 aromatic carbocycles. The molecule has 8 heteroatoms. The molecule has 1 saturated heterocycles. The van der Waals surface area contributed by atoms with Crippen molar-refractivity contribution in [3.8, 4) is 5.69 Å². The highest BCUT2D eigenvalue weighted by atomic mass is 32.2. The van der Waals surface area contributed by atoms with Gasteiger partial charge in [-0.25, -0.2) is 13.1 Å². The number of rotatable bonds is 6. The Kier molecular flexibility index (Phi) is 5.25. The number of para-hydroxylation sites is 1. The van der Waals surface area contributed by atoms with Gasteiger partial charge in [0, 0.05) is 31.0 Å². The minimum absolute atomic E-state index is 0.0179. The van der Waals surface area contributed by atoms with Crippen molar-refractivity contribution in [2.75, 3.05) is 31.8 Å². The van der Waals surface area contributed by atoms with Crippen molar-refractivity contribution < 1.29 is 17.9 Å². The van der Waals surface area contributed by atoms with Gasteiger partial charge in [-0.2, -0.15) is 5.10 Å². The predicted octanol–water partition coefficient (Wildman–Crippen LogP) is 1.64. The average Bonchev–Trinajstić information content (AvgIpc) is 3.37. The molecule has 0 bridgehead atoms. The van der Waals surface area contributed by atoms with E-state index in [4.69, 9.17) is 4.74 Å². The Balaban J connectivity index is 1.69. The van der Waals surface area contributed by atoms with Crippen molar-refractivity contribution in [3.63, 3.8) is 0 Å². The van der Waals surface area contributed by atoms with E-state index in [1.165, 1.54) is 0 Å². The molecule has 1 fully saturated rings. The molecule has 1 aliphatic carbocycles. The van der Waals surface area contributed by atoms with Crippen LogP contribution in [0.1, 0.15) is 34.6 Å². The summed E-state index contributed by atoms with van der Waals surface area (Å²) in [6, 6.07) is 9.50. The van der Waals surface area contributed by atoms with Crippen LogP contribution in [0, 0.1) is 0 Å². The molecule has 4 rings (SSSR count). The second-order valence-electron chi connectivity index (χ2n) is 7.42. The second kappa shape index (κ2) is 7.67. The van der Waals surface area contributed by atoms with Crippen LogP contribution < -0.4 is 0 Å². The largest absolute Gasteiger partial charge is 0.383 e. The Bertz CT molecular complexity index is 969. The van der Waals surface area contributed by atoms with Gasteiger partial charge in [0.2, 0.25) is 0 Å². The first-order valence-electron chi connectivity index (χ1n) is 9.66. The summed E-state index contributed by atoms with van der Waals surface area (Å²) in [5.41, 5.74) is 3.47. The fourth-order valence-electron chi connectivity index (χ4n) is 4.19. The standard InChI is InChI=1S/C20H25N3O4S/c1-27-12-11-22(16-10-13-28(25,26)14-16)20(24)19-17-8-5-9-18(17)23(21-19)15-6-3-2-4-7-15/h2-4,6-7,16H,5,8-14H2,1H3. The Hall–Kier alpha value is -2.19. The third kappa shape index (κ3) is 3.58. The number of amides is 1. The number of methoxy groups -OCH3 is 1. The SMILES string of the molecule is COCCN(C(=O)c1nn(-c2ccccc2)c2c1CCC2)C1CCS(=O)(=O)C1. The first kappa shape index (κ1) is 19.1. The van der Waals surface area contributed by atoms with Crippen molar-refractivity contribution in [2.24, 2.45) is 0 Å². The average molecular weight is 404 g/mol. The molecule has 28 heavy (non-hydrogen) atoms. The van der Waals surface area contributed by atoms with Gasteiger partial charge in [0.05, 0.1) is 23.8 Å². The molecule has 0 saturated carbocycles. The topological polar surface area (TPSA) is 81.5 Å². The minimum atomic E-state index is -3.09. The lowest BCUT2D eigenvalue weighted by atomic mass is 10.1. The van der Waals surface area contributed by atoms with Crippen LogP contribution in [0.3, 0.4) is 0 Å². The van der Waals surface area contributed by atoms with Crippen LogP contribution in [-0.4, -0.2) is 66.8 Å². The molecule has 1 aromatic heterocycles. The molecule has 0 spiro atoms. The molecular weight excluding hydrogens is 378 g/mol. The smallest absolute Gasteiger partial charge is 0.275 e. The summed E-state index contributed by atoms with van der Waals surface area (Å²) in [4.78, 5) is 15.1. The van der Waals surface area contributed by atoms with Crippen molar-refractivity contribution in [1.29, 1.82) is 0 Å². The maximum atomic E-state index is 13.5. The van der Waals surface area contributed by atoms with E-state index in [0.29, 0.717) is 25.3 Å². The van der Waals surface area contributed by atoms with Gasteiger partial charge in [-0.15, -0.1) is 0 Å². The number of aromatic nitrogens is 2. The van der Waals surface area contributed by atoms with Gasteiger partial charge >= 0.3 is 0 Å². The number of carbonyl (C=O) groups excluding carboxylic acids is 1. The predicted molar refractivity (Wildman–Crippen MR) is 106 cm³/mol. The number of hydrogen-bond donors (Lipinski definition) is 0. The molecule has 0 radical (unpaired) electrons. The number of benzene rings is 1. The highest BCUT2D eigenvalue weighted by molar-refractivity contribution is 7.91. The van der Waals surface area contributed by atoms with Gasteiger partial charge < -0.3 is 9.64 Å². The number of ether oxygens (including phenoxy) is 1. The van der Waals surface area contributed by atoms with Crippen LogP contribution in [0.2, 0.25) is 0 Å². The lowest BCUT2D eigenvalue weighted by Gasteiger charge is -2.27. The van der Waals surface area contributed by atoms with E-state index in [-0.39, 0.29) is 23.5 Å². The Labute approximate surface area is 165 Å². The molecule has 2 aromatic rings. The second-order valence-corrected chi connectivity index (χ2v) is 9.65. The lowest BCUT2D eigenvalue weighted by molar-refractivity contribution is 0.0617. The highest BCUT2D eigenvalue weighted by Crippen LogP contribution is 2.29. The summed E-state index contributed by atoms with van der Waals surface area (Å²) in [6.07, 6.45) is 3.18. The van der Waals surface area contributed by atoms with E-state index in [0.717, 1.165) is 36.2 Å². The number of sulfone groups is 1. The van der Waals surface area contributed by atoms with Gasteiger partial charge in [-0.1, -0.05) is 18.2 Å². The third-order valence-corrected chi connectivity index (χ3v) is 7.33. The fourth-order valence-corrected chi connectivity index (χ4v) is 5.92. The van der Waals surface area contributed by atoms with Crippen molar-refractivity contribution in [1.82, 2.24) is 14.7 Å².